The molecule has 0 bridgehead atoms. The number of carbonyl (C=O) groups excluding carboxylic acids is 1. The number of aliphatic hydroxyl groups excluding tert-OH is 2. The average molecular weight is 472 g/mol. The Labute approximate surface area is 193 Å². The smallest absolute Gasteiger partial charge is 0.418 e. The van der Waals surface area contributed by atoms with E-state index in [1.54, 1.807) is 0 Å². The van der Waals surface area contributed by atoms with Crippen molar-refractivity contribution in [3.8, 4) is 11.1 Å². The van der Waals surface area contributed by atoms with Gasteiger partial charge in [-0.15, -0.1) is 0 Å². The van der Waals surface area contributed by atoms with Crippen molar-refractivity contribution >= 4 is 11.8 Å². The molecule has 5 N–H and O–H groups in total. The SMILES string of the molecule is Nc1ccc(C(O)C(O)CNC(=O)OCC2c3ccccc3-c3ccccc32)cc1C(F)(F)F. The number of fused-ring (bicyclic) bond motifs is 3. The van der Waals surface area contributed by atoms with Gasteiger partial charge in [-0.2, -0.15) is 13.2 Å². The normalized spacial score (nSPS) is 14.7. The molecule has 1 aliphatic rings. The van der Waals surface area contributed by atoms with Gasteiger partial charge in [-0.25, -0.2) is 4.79 Å². The Balaban J connectivity index is 1.35. The Morgan fingerprint density at radius 1 is 1.00 bits per heavy atom. The minimum Gasteiger partial charge on any atom is -0.449 e. The molecule has 1 aliphatic carbocycles. The maximum atomic E-state index is 13.0. The van der Waals surface area contributed by atoms with Gasteiger partial charge < -0.3 is 26.0 Å². The van der Waals surface area contributed by atoms with Crippen LogP contribution in [-0.4, -0.2) is 35.6 Å². The van der Waals surface area contributed by atoms with E-state index in [-0.39, 0.29) is 18.1 Å². The predicted molar refractivity (Wildman–Crippen MR) is 120 cm³/mol. The third kappa shape index (κ3) is 4.71. The molecule has 3 aromatic rings. The first-order valence-electron chi connectivity index (χ1n) is 10.6. The van der Waals surface area contributed by atoms with Crippen molar-refractivity contribution in [3.63, 3.8) is 0 Å². The number of nitrogen functional groups attached to an aromatic ring is 1. The highest BCUT2D eigenvalue weighted by Gasteiger charge is 2.34. The minimum atomic E-state index is -4.70. The summed E-state index contributed by atoms with van der Waals surface area (Å²) in [5.41, 5.74) is 7.81. The lowest BCUT2D eigenvalue weighted by atomic mass is 9.98. The third-order valence-electron chi connectivity index (χ3n) is 5.89. The summed E-state index contributed by atoms with van der Waals surface area (Å²) in [7, 11) is 0. The molecule has 0 saturated carbocycles. The van der Waals surface area contributed by atoms with Gasteiger partial charge in [0.1, 0.15) is 18.8 Å². The molecule has 0 saturated heterocycles. The second-order valence-electron chi connectivity index (χ2n) is 8.06. The fourth-order valence-electron chi connectivity index (χ4n) is 4.17. The molecule has 1 amide bonds. The van der Waals surface area contributed by atoms with E-state index in [4.69, 9.17) is 10.5 Å². The van der Waals surface area contributed by atoms with Gasteiger partial charge in [0, 0.05) is 18.2 Å². The molecule has 178 valence electrons. The Bertz CT molecular complexity index is 1150. The largest absolute Gasteiger partial charge is 0.449 e. The van der Waals surface area contributed by atoms with Crippen LogP contribution in [0.4, 0.5) is 23.7 Å². The van der Waals surface area contributed by atoms with Crippen molar-refractivity contribution < 1.29 is 32.9 Å². The second kappa shape index (κ2) is 9.36. The highest BCUT2D eigenvalue weighted by atomic mass is 19.4. The Morgan fingerprint density at radius 2 is 1.59 bits per heavy atom. The fourth-order valence-corrected chi connectivity index (χ4v) is 4.17. The molecule has 4 rings (SSSR count). The molecule has 2 unspecified atom stereocenters. The van der Waals surface area contributed by atoms with E-state index in [2.05, 4.69) is 5.32 Å². The number of hydrogen-bond acceptors (Lipinski definition) is 5. The van der Waals surface area contributed by atoms with E-state index < -0.39 is 42.3 Å². The summed E-state index contributed by atoms with van der Waals surface area (Å²) >= 11 is 0. The fraction of sp³-hybridized carbons (Fsp3) is 0.240. The van der Waals surface area contributed by atoms with Crippen molar-refractivity contribution in [1.82, 2.24) is 5.32 Å². The zero-order valence-electron chi connectivity index (χ0n) is 17.9. The highest BCUT2D eigenvalue weighted by Crippen LogP contribution is 2.44. The van der Waals surface area contributed by atoms with E-state index in [0.29, 0.717) is 6.07 Å². The van der Waals surface area contributed by atoms with Crippen LogP contribution in [0, 0.1) is 0 Å². The number of nitrogens with one attached hydrogen (secondary N) is 1. The van der Waals surface area contributed by atoms with Gasteiger partial charge in [0.15, 0.2) is 0 Å². The number of halogens is 3. The standard InChI is InChI=1S/C25H23F3N2O4/c26-25(27,28)20-11-14(9-10-21(20)29)23(32)22(31)12-30-24(33)34-13-19-17-7-3-1-5-15(17)16-6-2-4-8-18(16)19/h1-11,19,22-23,31-32H,12-13,29H2,(H,30,33). The Kier molecular flexibility index (Phi) is 6.49. The molecule has 0 spiro atoms. The lowest BCUT2D eigenvalue weighted by molar-refractivity contribution is -0.137. The monoisotopic (exact) mass is 472 g/mol. The van der Waals surface area contributed by atoms with Gasteiger partial charge in [-0.1, -0.05) is 54.6 Å². The molecule has 0 radical (unpaired) electrons. The summed E-state index contributed by atoms with van der Waals surface area (Å²) in [6.07, 6.45) is -8.76. The van der Waals surface area contributed by atoms with Crippen LogP contribution in [0.15, 0.2) is 66.7 Å². The van der Waals surface area contributed by atoms with E-state index in [9.17, 15) is 28.2 Å². The summed E-state index contributed by atoms with van der Waals surface area (Å²) < 4.78 is 44.5. The zero-order chi connectivity index (χ0) is 24.5. The van der Waals surface area contributed by atoms with Crippen molar-refractivity contribution in [2.24, 2.45) is 0 Å². The van der Waals surface area contributed by atoms with E-state index in [0.717, 1.165) is 28.3 Å². The molecule has 3 aromatic carbocycles. The molecule has 6 nitrogen and oxygen atoms in total. The van der Waals surface area contributed by atoms with Crippen LogP contribution >= 0.6 is 0 Å². The summed E-state index contributed by atoms with van der Waals surface area (Å²) in [4.78, 5) is 12.2. The number of benzene rings is 3. The second-order valence-corrected chi connectivity index (χ2v) is 8.06. The van der Waals surface area contributed by atoms with Gasteiger partial charge in [0.25, 0.3) is 0 Å². The van der Waals surface area contributed by atoms with Crippen LogP contribution in [0.25, 0.3) is 11.1 Å². The van der Waals surface area contributed by atoms with Gasteiger partial charge in [0.05, 0.1) is 5.56 Å². The number of hydrogen-bond donors (Lipinski definition) is 4. The van der Waals surface area contributed by atoms with Crippen LogP contribution in [-0.2, 0) is 10.9 Å². The first kappa shape index (κ1) is 23.6. The van der Waals surface area contributed by atoms with Crippen LogP contribution in [0.2, 0.25) is 0 Å². The number of rotatable bonds is 6. The van der Waals surface area contributed by atoms with Gasteiger partial charge in [-0.3, -0.25) is 0 Å². The number of aliphatic hydroxyl groups is 2. The molecule has 34 heavy (non-hydrogen) atoms. The molecule has 0 fully saturated rings. The van der Waals surface area contributed by atoms with Gasteiger partial charge in [-0.05, 0) is 39.9 Å². The number of anilines is 1. The Hall–Kier alpha value is -3.56. The van der Waals surface area contributed by atoms with Gasteiger partial charge in [0.2, 0.25) is 0 Å². The van der Waals surface area contributed by atoms with E-state index in [1.807, 2.05) is 48.5 Å². The number of amides is 1. The molecule has 0 aliphatic heterocycles. The maximum Gasteiger partial charge on any atom is 0.418 e. The lowest BCUT2D eigenvalue weighted by Gasteiger charge is -2.21. The van der Waals surface area contributed by atoms with Crippen LogP contribution in [0.3, 0.4) is 0 Å². The quantitative estimate of drug-likeness (QED) is 0.402. The lowest BCUT2D eigenvalue weighted by Crippen LogP contribution is -2.36. The van der Waals surface area contributed by atoms with Crippen LogP contribution in [0.5, 0.6) is 0 Å². The molecule has 0 heterocycles. The Morgan fingerprint density at radius 3 is 2.18 bits per heavy atom. The summed E-state index contributed by atoms with van der Waals surface area (Å²) in [5, 5.41) is 22.8. The summed E-state index contributed by atoms with van der Waals surface area (Å²) in [6, 6.07) is 18.5. The average Bonchev–Trinajstić information content (AvgIpc) is 3.14. The topological polar surface area (TPSA) is 105 Å². The third-order valence-corrected chi connectivity index (χ3v) is 5.89. The van der Waals surface area contributed by atoms with Crippen LogP contribution in [0.1, 0.15) is 34.3 Å². The number of carbonyl (C=O) groups is 1. The van der Waals surface area contributed by atoms with Gasteiger partial charge >= 0.3 is 12.3 Å². The number of nitrogens with two attached hydrogens (primary N) is 1. The van der Waals surface area contributed by atoms with Crippen molar-refractivity contribution in [2.75, 3.05) is 18.9 Å². The predicted octanol–water partition coefficient (Wildman–Crippen LogP) is 4.22. The van der Waals surface area contributed by atoms with E-state index >= 15 is 0 Å². The first-order valence-corrected chi connectivity index (χ1v) is 10.6. The zero-order valence-corrected chi connectivity index (χ0v) is 17.9. The maximum absolute atomic E-state index is 13.0. The van der Waals surface area contributed by atoms with Crippen molar-refractivity contribution in [2.45, 2.75) is 24.3 Å². The first-order chi connectivity index (χ1) is 16.2. The van der Waals surface area contributed by atoms with Crippen molar-refractivity contribution in [1.29, 1.82) is 0 Å². The highest BCUT2D eigenvalue weighted by molar-refractivity contribution is 5.79. The molecular formula is C25H23F3N2O4. The number of ether oxygens (including phenoxy) is 1. The van der Waals surface area contributed by atoms with Crippen LogP contribution < -0.4 is 11.1 Å². The molecule has 0 aromatic heterocycles. The molecular weight excluding hydrogens is 449 g/mol. The van der Waals surface area contributed by atoms with E-state index in [1.165, 1.54) is 6.07 Å². The summed E-state index contributed by atoms with van der Waals surface area (Å²) in [6.45, 7) is -0.366. The molecule has 2 atom stereocenters. The number of alkyl halides is 3. The number of alkyl carbamates (subject to hydrolysis) is 1. The molecule has 9 heteroatoms. The minimum absolute atomic E-state index is 0.0609. The summed E-state index contributed by atoms with van der Waals surface area (Å²) in [5.74, 6) is -0.149. The van der Waals surface area contributed by atoms with Crippen molar-refractivity contribution in [3.05, 3.63) is 89.0 Å².